The van der Waals surface area contributed by atoms with Gasteiger partial charge in [-0.3, -0.25) is 4.98 Å². The van der Waals surface area contributed by atoms with Crippen LogP contribution in [-0.4, -0.2) is 21.5 Å². The van der Waals surface area contributed by atoms with E-state index in [9.17, 15) is 22.0 Å². The van der Waals surface area contributed by atoms with Gasteiger partial charge in [-0.05, 0) is 38.0 Å². The fourth-order valence-electron chi connectivity index (χ4n) is 2.77. The second kappa shape index (κ2) is 9.23. The molecule has 164 valence electrons. The van der Waals surface area contributed by atoms with E-state index >= 15 is 0 Å². The van der Waals surface area contributed by atoms with Crippen LogP contribution in [0.5, 0.6) is 11.5 Å². The summed E-state index contributed by atoms with van der Waals surface area (Å²) < 4.78 is 71.4. The average molecular weight is 438 g/mol. The van der Waals surface area contributed by atoms with Crippen molar-refractivity contribution in [3.8, 4) is 11.5 Å². The maximum Gasteiger partial charge on any atom is 0.433 e. The number of nitrogens with one attached hydrogen (secondary N) is 1. The summed E-state index contributed by atoms with van der Waals surface area (Å²) in [6.07, 6.45) is -4.58. The lowest BCUT2D eigenvalue weighted by molar-refractivity contribution is -0.141. The second-order valence-corrected chi connectivity index (χ2v) is 6.75. The average Bonchev–Trinajstić information content (AvgIpc) is 2.69. The Bertz CT molecular complexity index is 1060. The molecule has 0 amide bonds. The summed E-state index contributed by atoms with van der Waals surface area (Å²) in [5.41, 5.74) is -0.471. The number of rotatable bonds is 7. The van der Waals surface area contributed by atoms with Gasteiger partial charge in [-0.25, -0.2) is 18.7 Å². The second-order valence-electron chi connectivity index (χ2n) is 6.75. The van der Waals surface area contributed by atoms with Gasteiger partial charge in [0.05, 0.1) is 5.69 Å². The van der Waals surface area contributed by atoms with Crippen LogP contribution in [0.1, 0.15) is 35.9 Å². The largest absolute Gasteiger partial charge is 0.457 e. The molecule has 3 rings (SSSR count). The molecule has 0 saturated heterocycles. The van der Waals surface area contributed by atoms with Crippen LogP contribution in [0.3, 0.4) is 0 Å². The topological polar surface area (TPSA) is 59.9 Å². The highest BCUT2D eigenvalue weighted by molar-refractivity contribution is 5.38. The fourth-order valence-corrected chi connectivity index (χ4v) is 2.77. The zero-order valence-electron chi connectivity index (χ0n) is 16.7. The Kier molecular flexibility index (Phi) is 6.67. The number of ether oxygens (including phenoxy) is 1. The monoisotopic (exact) mass is 438 g/mol. The van der Waals surface area contributed by atoms with Gasteiger partial charge in [-0.1, -0.05) is 6.07 Å². The first-order chi connectivity index (χ1) is 14.6. The van der Waals surface area contributed by atoms with Crippen molar-refractivity contribution in [2.45, 2.75) is 32.6 Å². The van der Waals surface area contributed by atoms with E-state index in [1.807, 2.05) is 0 Å². The number of anilines is 1. The SMILES string of the molecule is Cc1nc(NCCc2ccc(Oc3ccnc(C(F)(F)F)c3)cc2F)cc(C(C)F)n1. The van der Waals surface area contributed by atoms with Gasteiger partial charge in [0.15, 0.2) is 0 Å². The number of pyridine rings is 1. The Balaban J connectivity index is 1.63. The molecule has 1 aromatic carbocycles. The third kappa shape index (κ3) is 6.09. The van der Waals surface area contributed by atoms with Crippen molar-refractivity contribution in [3.05, 3.63) is 71.2 Å². The molecular formula is C21H19F5N4O. The van der Waals surface area contributed by atoms with Crippen LogP contribution in [0.25, 0.3) is 0 Å². The maximum atomic E-state index is 14.4. The number of aromatic nitrogens is 3. The molecule has 1 unspecified atom stereocenters. The number of hydrogen-bond acceptors (Lipinski definition) is 5. The molecule has 1 N–H and O–H groups in total. The molecule has 0 saturated carbocycles. The number of benzene rings is 1. The highest BCUT2D eigenvalue weighted by atomic mass is 19.4. The van der Waals surface area contributed by atoms with Crippen molar-refractivity contribution in [2.24, 2.45) is 0 Å². The highest BCUT2D eigenvalue weighted by Gasteiger charge is 2.32. The molecule has 0 fully saturated rings. The van der Waals surface area contributed by atoms with Crippen molar-refractivity contribution in [2.75, 3.05) is 11.9 Å². The Morgan fingerprint density at radius 2 is 1.81 bits per heavy atom. The molecule has 0 aliphatic rings. The van der Waals surface area contributed by atoms with Crippen LogP contribution in [0, 0.1) is 12.7 Å². The third-order valence-electron chi connectivity index (χ3n) is 4.25. The first kappa shape index (κ1) is 22.4. The predicted molar refractivity (Wildman–Crippen MR) is 104 cm³/mol. The molecule has 31 heavy (non-hydrogen) atoms. The normalized spacial score (nSPS) is 12.5. The van der Waals surface area contributed by atoms with Crippen molar-refractivity contribution in [1.29, 1.82) is 0 Å². The lowest BCUT2D eigenvalue weighted by atomic mass is 10.1. The number of nitrogens with zero attached hydrogens (tertiary/aromatic N) is 3. The lowest BCUT2D eigenvalue weighted by Gasteiger charge is -2.11. The van der Waals surface area contributed by atoms with E-state index in [0.29, 0.717) is 30.2 Å². The molecular weight excluding hydrogens is 419 g/mol. The summed E-state index contributed by atoms with van der Waals surface area (Å²) in [4.78, 5) is 11.4. The quantitative estimate of drug-likeness (QED) is 0.472. The van der Waals surface area contributed by atoms with Gasteiger partial charge < -0.3 is 10.1 Å². The Labute approximate surface area is 175 Å². The first-order valence-corrected chi connectivity index (χ1v) is 9.35. The van der Waals surface area contributed by atoms with E-state index < -0.39 is 23.9 Å². The molecule has 3 aromatic rings. The van der Waals surface area contributed by atoms with Crippen LogP contribution >= 0.6 is 0 Å². The van der Waals surface area contributed by atoms with Crippen LogP contribution in [0.2, 0.25) is 0 Å². The zero-order valence-corrected chi connectivity index (χ0v) is 16.7. The summed E-state index contributed by atoms with van der Waals surface area (Å²) in [5, 5.41) is 3.00. The molecule has 0 spiro atoms. The third-order valence-corrected chi connectivity index (χ3v) is 4.25. The van der Waals surface area contributed by atoms with Gasteiger partial charge in [-0.15, -0.1) is 0 Å². The van der Waals surface area contributed by atoms with E-state index in [-0.39, 0.29) is 17.2 Å². The van der Waals surface area contributed by atoms with Crippen molar-refractivity contribution < 1.29 is 26.7 Å². The van der Waals surface area contributed by atoms with Crippen molar-refractivity contribution in [1.82, 2.24) is 15.0 Å². The molecule has 0 aliphatic carbocycles. The summed E-state index contributed by atoms with van der Waals surface area (Å²) in [7, 11) is 0. The van der Waals surface area contributed by atoms with Crippen LogP contribution < -0.4 is 10.1 Å². The Hall–Kier alpha value is -3.30. The minimum Gasteiger partial charge on any atom is -0.457 e. The minimum absolute atomic E-state index is 0.0570. The molecule has 10 heteroatoms. The number of hydrogen-bond donors (Lipinski definition) is 1. The summed E-state index contributed by atoms with van der Waals surface area (Å²) in [5.74, 6) is 0.239. The molecule has 0 bridgehead atoms. The smallest absolute Gasteiger partial charge is 0.433 e. The van der Waals surface area contributed by atoms with Crippen LogP contribution in [0.15, 0.2) is 42.6 Å². The van der Waals surface area contributed by atoms with Crippen LogP contribution in [-0.2, 0) is 12.6 Å². The molecule has 2 heterocycles. The molecule has 0 aliphatic heterocycles. The van der Waals surface area contributed by atoms with E-state index in [0.717, 1.165) is 18.3 Å². The van der Waals surface area contributed by atoms with E-state index in [2.05, 4.69) is 20.3 Å². The van der Waals surface area contributed by atoms with Gasteiger partial charge in [0, 0.05) is 30.9 Å². The van der Waals surface area contributed by atoms with Gasteiger partial charge in [0.1, 0.15) is 40.8 Å². The summed E-state index contributed by atoms with van der Waals surface area (Å²) in [6.45, 7) is 3.35. The first-order valence-electron chi connectivity index (χ1n) is 9.35. The minimum atomic E-state index is -4.60. The highest BCUT2D eigenvalue weighted by Crippen LogP contribution is 2.31. The predicted octanol–water partition coefficient (Wildman–Crippen LogP) is 5.82. The molecule has 5 nitrogen and oxygen atoms in total. The van der Waals surface area contributed by atoms with Crippen LogP contribution in [0.4, 0.5) is 27.8 Å². The summed E-state index contributed by atoms with van der Waals surface area (Å²) in [6, 6.07) is 7.53. The lowest BCUT2D eigenvalue weighted by Crippen LogP contribution is -2.09. The van der Waals surface area contributed by atoms with Crippen molar-refractivity contribution >= 4 is 5.82 Å². The van der Waals surface area contributed by atoms with Gasteiger partial charge in [-0.2, -0.15) is 13.2 Å². The molecule has 0 radical (unpaired) electrons. The molecule has 1 atom stereocenters. The standard InChI is InChI=1S/C21H19F5N4O/c1-12(22)18-11-20(30-13(2)29-18)28-7-5-14-3-4-15(9-17(14)23)31-16-6-8-27-19(10-16)21(24,25)26/h3-4,6,8-12H,5,7H2,1-2H3,(H,28,29,30). The van der Waals surface area contributed by atoms with E-state index in [1.54, 1.807) is 6.92 Å². The van der Waals surface area contributed by atoms with Gasteiger partial charge in [0.25, 0.3) is 0 Å². The van der Waals surface area contributed by atoms with E-state index in [1.165, 1.54) is 31.2 Å². The Morgan fingerprint density at radius 3 is 2.48 bits per heavy atom. The van der Waals surface area contributed by atoms with Gasteiger partial charge >= 0.3 is 6.18 Å². The van der Waals surface area contributed by atoms with Crippen molar-refractivity contribution in [3.63, 3.8) is 0 Å². The number of aryl methyl sites for hydroxylation is 1. The fraction of sp³-hybridized carbons (Fsp3) is 0.286. The Morgan fingerprint density at radius 1 is 1.06 bits per heavy atom. The van der Waals surface area contributed by atoms with Gasteiger partial charge in [0.2, 0.25) is 0 Å². The molecule has 2 aromatic heterocycles. The van der Waals surface area contributed by atoms with E-state index in [4.69, 9.17) is 4.74 Å². The summed E-state index contributed by atoms with van der Waals surface area (Å²) >= 11 is 0. The number of halogens is 5. The number of alkyl halides is 4. The zero-order chi connectivity index (χ0) is 22.6. The maximum absolute atomic E-state index is 14.4.